The Morgan fingerprint density at radius 3 is 2.90 bits per heavy atom. The molecule has 1 unspecified atom stereocenters. The second-order valence-corrected chi connectivity index (χ2v) is 8.23. The number of nitrogens with one attached hydrogen (secondary N) is 1. The zero-order chi connectivity index (χ0) is 20.0. The molecule has 1 atom stereocenters. The predicted molar refractivity (Wildman–Crippen MR) is 120 cm³/mol. The molecule has 1 aromatic heterocycles. The van der Waals surface area contributed by atoms with Crippen molar-refractivity contribution in [1.82, 2.24) is 5.32 Å². The number of carbonyl (C=O) groups is 1. The fraction of sp³-hybridized carbons (Fsp3) is 0.125. The summed E-state index contributed by atoms with van der Waals surface area (Å²) in [7, 11) is 4.04. The third-order valence-corrected chi connectivity index (χ3v) is 6.17. The van der Waals surface area contributed by atoms with Gasteiger partial charge in [-0.2, -0.15) is 0 Å². The fourth-order valence-electron chi connectivity index (χ4n) is 3.69. The largest absolute Gasteiger partial charge is 0.481 e. The van der Waals surface area contributed by atoms with Gasteiger partial charge < -0.3 is 15.0 Å². The lowest BCUT2D eigenvalue weighted by atomic mass is 10.0. The van der Waals surface area contributed by atoms with Crippen molar-refractivity contribution in [1.29, 1.82) is 0 Å². The number of carbonyl (C=O) groups excluding carboxylic acids is 1. The van der Waals surface area contributed by atoms with Crippen LogP contribution in [0, 0.1) is 0 Å². The summed E-state index contributed by atoms with van der Waals surface area (Å²) in [5.74, 6) is 0.770. The van der Waals surface area contributed by atoms with Gasteiger partial charge >= 0.3 is 0 Å². The minimum atomic E-state index is -0.143. The highest BCUT2D eigenvalue weighted by atomic mass is 32.1. The van der Waals surface area contributed by atoms with Gasteiger partial charge in [0.2, 0.25) is 0 Å². The zero-order valence-corrected chi connectivity index (χ0v) is 17.0. The Morgan fingerprint density at radius 1 is 1.17 bits per heavy atom. The van der Waals surface area contributed by atoms with Gasteiger partial charge in [0.25, 0.3) is 5.91 Å². The molecule has 0 saturated carbocycles. The lowest BCUT2D eigenvalue weighted by molar-refractivity contribution is 0.0969. The van der Waals surface area contributed by atoms with E-state index in [-0.39, 0.29) is 12.0 Å². The van der Waals surface area contributed by atoms with Gasteiger partial charge in [0.1, 0.15) is 11.9 Å². The topological polar surface area (TPSA) is 41.6 Å². The molecule has 3 aromatic rings. The van der Waals surface area contributed by atoms with Gasteiger partial charge in [-0.3, -0.25) is 4.79 Å². The quantitative estimate of drug-likeness (QED) is 0.673. The fourth-order valence-corrected chi connectivity index (χ4v) is 4.63. The Kier molecular flexibility index (Phi) is 4.25. The Hall–Kier alpha value is -3.31. The summed E-state index contributed by atoms with van der Waals surface area (Å²) in [5.41, 5.74) is 4.69. The summed E-state index contributed by atoms with van der Waals surface area (Å²) in [6, 6.07) is 14.2. The van der Waals surface area contributed by atoms with Crippen LogP contribution in [0.1, 0.15) is 15.9 Å². The number of hydrogen-bond acceptors (Lipinski definition) is 4. The van der Waals surface area contributed by atoms with E-state index < -0.39 is 0 Å². The first kappa shape index (κ1) is 17.8. The van der Waals surface area contributed by atoms with Crippen LogP contribution in [0.5, 0.6) is 5.75 Å². The average molecular weight is 401 g/mol. The third kappa shape index (κ3) is 3.13. The molecule has 1 N–H and O–H groups in total. The van der Waals surface area contributed by atoms with E-state index in [1.54, 1.807) is 11.3 Å². The van der Waals surface area contributed by atoms with Crippen LogP contribution in [0.4, 0.5) is 5.69 Å². The molecule has 0 spiro atoms. The van der Waals surface area contributed by atoms with E-state index in [1.807, 2.05) is 74.1 Å². The molecule has 4 nitrogen and oxygen atoms in total. The number of amides is 1. The maximum absolute atomic E-state index is 12.9. The summed E-state index contributed by atoms with van der Waals surface area (Å²) < 4.78 is 7.20. The number of fused-ring (bicyclic) bond motifs is 4. The second kappa shape index (κ2) is 6.94. The summed E-state index contributed by atoms with van der Waals surface area (Å²) in [6.07, 6.45) is 7.74. The Labute approximate surface area is 173 Å². The number of hydrogen-bond donors (Lipinski definition) is 1. The van der Waals surface area contributed by atoms with Crippen LogP contribution in [-0.2, 0) is 0 Å². The average Bonchev–Trinajstić information content (AvgIpc) is 3.23. The summed E-state index contributed by atoms with van der Waals surface area (Å²) in [6.45, 7) is 0. The molecular weight excluding hydrogens is 380 g/mol. The van der Waals surface area contributed by atoms with E-state index in [2.05, 4.69) is 22.3 Å². The molecule has 2 aliphatic rings. The highest BCUT2D eigenvalue weighted by molar-refractivity contribution is 7.17. The molecule has 29 heavy (non-hydrogen) atoms. The Morgan fingerprint density at radius 2 is 2.03 bits per heavy atom. The zero-order valence-electron chi connectivity index (χ0n) is 16.2. The first-order valence-electron chi connectivity index (χ1n) is 9.46. The lowest BCUT2D eigenvalue weighted by Gasteiger charge is -2.13. The molecule has 1 aliphatic heterocycles. The molecule has 2 aromatic carbocycles. The van der Waals surface area contributed by atoms with Crippen LogP contribution in [0.25, 0.3) is 15.7 Å². The second-order valence-electron chi connectivity index (χ2n) is 7.32. The van der Waals surface area contributed by atoms with E-state index in [1.165, 1.54) is 0 Å². The van der Waals surface area contributed by atoms with Gasteiger partial charge in [0.15, 0.2) is 0 Å². The molecule has 144 valence electrons. The highest BCUT2D eigenvalue weighted by Gasteiger charge is 2.28. The summed E-state index contributed by atoms with van der Waals surface area (Å²) >= 11 is 1.58. The van der Waals surface area contributed by atoms with E-state index in [0.29, 0.717) is 5.56 Å². The predicted octanol–water partition coefficient (Wildman–Crippen LogP) is 5.00. The maximum Gasteiger partial charge on any atom is 0.257 e. The number of allylic oxidation sites excluding steroid dienone is 3. The van der Waals surface area contributed by atoms with Crippen molar-refractivity contribution in [3.8, 4) is 5.75 Å². The van der Waals surface area contributed by atoms with Gasteiger partial charge in [-0.25, -0.2) is 0 Å². The summed E-state index contributed by atoms with van der Waals surface area (Å²) in [5, 5.41) is 5.97. The van der Waals surface area contributed by atoms with E-state index in [0.717, 1.165) is 38.4 Å². The van der Waals surface area contributed by atoms with E-state index in [9.17, 15) is 4.79 Å². The lowest BCUT2D eigenvalue weighted by Crippen LogP contribution is -2.21. The first-order chi connectivity index (χ1) is 14.1. The molecule has 1 aliphatic carbocycles. The van der Waals surface area contributed by atoms with Crippen molar-refractivity contribution in [2.45, 2.75) is 6.10 Å². The highest BCUT2D eigenvalue weighted by Crippen LogP contribution is 2.41. The molecule has 5 heteroatoms. The van der Waals surface area contributed by atoms with Gasteiger partial charge in [-0.15, -0.1) is 11.3 Å². The number of benzene rings is 2. The maximum atomic E-state index is 12.9. The summed E-state index contributed by atoms with van der Waals surface area (Å²) in [4.78, 5) is 15.0. The SMILES string of the molecule is CN(C)c1ccc2c(c1)C1=CC(NC(=O)c3csc4ccccc34)=CC=CC1O2. The van der Waals surface area contributed by atoms with E-state index >= 15 is 0 Å². The number of anilines is 1. The monoisotopic (exact) mass is 400 g/mol. The van der Waals surface area contributed by atoms with Crippen LogP contribution in [0.15, 0.2) is 77.8 Å². The van der Waals surface area contributed by atoms with Crippen molar-refractivity contribution >= 4 is 38.6 Å². The molecular formula is C24H20N2O2S. The first-order valence-corrected chi connectivity index (χ1v) is 10.3. The molecule has 2 heterocycles. The minimum absolute atomic E-state index is 0.0985. The molecule has 1 amide bonds. The van der Waals surface area contributed by atoms with Gasteiger partial charge in [0, 0.05) is 52.1 Å². The van der Waals surface area contributed by atoms with Crippen LogP contribution < -0.4 is 15.0 Å². The number of thiophene rings is 1. The van der Waals surface area contributed by atoms with Crippen molar-refractivity contribution in [2.75, 3.05) is 19.0 Å². The Bertz CT molecular complexity index is 1220. The number of rotatable bonds is 3. The minimum Gasteiger partial charge on any atom is -0.481 e. The number of ether oxygens (including phenoxy) is 1. The van der Waals surface area contributed by atoms with Gasteiger partial charge in [-0.1, -0.05) is 24.3 Å². The molecule has 0 fully saturated rings. The van der Waals surface area contributed by atoms with Crippen molar-refractivity contribution in [3.63, 3.8) is 0 Å². The molecule has 0 saturated heterocycles. The van der Waals surface area contributed by atoms with E-state index in [4.69, 9.17) is 4.74 Å². The normalized spacial score (nSPS) is 17.0. The van der Waals surface area contributed by atoms with Crippen molar-refractivity contribution in [3.05, 3.63) is 89.0 Å². The van der Waals surface area contributed by atoms with Crippen LogP contribution in [0.2, 0.25) is 0 Å². The van der Waals surface area contributed by atoms with Crippen molar-refractivity contribution in [2.24, 2.45) is 0 Å². The number of nitrogens with zero attached hydrogens (tertiary/aromatic N) is 1. The smallest absolute Gasteiger partial charge is 0.257 e. The standard InChI is InChI=1S/C24H20N2O2S/c1-26(2)16-10-11-22-19(13-16)18-12-15(6-5-8-21(18)28-22)25-24(27)20-14-29-23-9-4-3-7-17(20)23/h3-14,21H,1-2H3,(H,25,27). The Balaban J connectivity index is 1.47. The third-order valence-electron chi connectivity index (χ3n) is 5.21. The van der Waals surface area contributed by atoms with Crippen LogP contribution >= 0.6 is 11.3 Å². The van der Waals surface area contributed by atoms with Crippen LogP contribution in [0.3, 0.4) is 0 Å². The van der Waals surface area contributed by atoms with Crippen LogP contribution in [-0.4, -0.2) is 26.1 Å². The molecule has 0 radical (unpaired) electrons. The van der Waals surface area contributed by atoms with Gasteiger partial charge in [0.05, 0.1) is 5.56 Å². The molecule has 0 bridgehead atoms. The van der Waals surface area contributed by atoms with Gasteiger partial charge in [-0.05, 0) is 42.5 Å². The molecule has 5 rings (SSSR count). The van der Waals surface area contributed by atoms with Crippen molar-refractivity contribution < 1.29 is 9.53 Å².